The summed E-state index contributed by atoms with van der Waals surface area (Å²) in [6, 6.07) is 16.0. The van der Waals surface area contributed by atoms with Crippen molar-refractivity contribution >= 4 is 10.9 Å². The Kier molecular flexibility index (Phi) is 3.63. The number of nitriles is 1. The molecule has 0 unspecified atom stereocenters. The first kappa shape index (κ1) is 14.9. The highest BCUT2D eigenvalue weighted by molar-refractivity contribution is 5.89. The van der Waals surface area contributed by atoms with Gasteiger partial charge in [0.2, 0.25) is 5.82 Å². The first-order valence-electron chi connectivity index (χ1n) is 7.68. The number of rotatable bonds is 4. The number of nitrogens with one attached hydrogen (secondary N) is 1. The van der Waals surface area contributed by atoms with E-state index in [1.165, 1.54) is 0 Å². The highest BCUT2D eigenvalue weighted by Crippen LogP contribution is 2.27. The second-order valence-electron chi connectivity index (χ2n) is 5.60. The molecule has 7 heteroatoms. The highest BCUT2D eigenvalue weighted by atomic mass is 16.5. The Hall–Kier alpha value is -3.66. The third-order valence-electron chi connectivity index (χ3n) is 4.12. The second-order valence-corrected chi connectivity index (χ2v) is 5.60. The fourth-order valence-electron chi connectivity index (χ4n) is 2.87. The smallest absolute Gasteiger partial charge is 0.204 e. The van der Waals surface area contributed by atoms with E-state index in [0.717, 1.165) is 27.8 Å². The fraction of sp³-hybridized carbons (Fsp3) is 0.111. The number of methoxy groups -OCH3 is 1. The van der Waals surface area contributed by atoms with Gasteiger partial charge < -0.3 is 9.30 Å². The lowest BCUT2D eigenvalue weighted by Gasteiger charge is -2.07. The zero-order chi connectivity index (χ0) is 17.2. The number of aromatic amines is 1. The van der Waals surface area contributed by atoms with Crippen LogP contribution < -0.4 is 4.74 Å². The minimum absolute atomic E-state index is 0.508. The van der Waals surface area contributed by atoms with Crippen LogP contribution in [0.1, 0.15) is 11.1 Å². The SMILES string of the molecule is COc1ccc(Cn2cc(C#N)c3cc(-c4nn[nH]n4)ccc32)cc1. The number of benzene rings is 2. The number of hydrogen-bond acceptors (Lipinski definition) is 5. The van der Waals surface area contributed by atoms with Crippen molar-refractivity contribution in [3.63, 3.8) is 0 Å². The van der Waals surface area contributed by atoms with Crippen molar-refractivity contribution in [1.82, 2.24) is 25.2 Å². The van der Waals surface area contributed by atoms with E-state index >= 15 is 0 Å². The molecule has 1 N–H and O–H groups in total. The van der Waals surface area contributed by atoms with Gasteiger partial charge in [-0.25, -0.2) is 0 Å². The average Bonchev–Trinajstić information content (AvgIpc) is 3.30. The van der Waals surface area contributed by atoms with E-state index < -0.39 is 0 Å². The molecular formula is C18H14N6O. The molecule has 0 bridgehead atoms. The molecule has 0 aliphatic heterocycles. The summed E-state index contributed by atoms with van der Waals surface area (Å²) in [4.78, 5) is 0. The predicted octanol–water partition coefficient (Wildman–Crippen LogP) is 2.75. The number of hydrogen-bond donors (Lipinski definition) is 1. The molecule has 25 heavy (non-hydrogen) atoms. The maximum absolute atomic E-state index is 9.48. The summed E-state index contributed by atoms with van der Waals surface area (Å²) in [5.41, 5.74) is 3.55. The minimum Gasteiger partial charge on any atom is -0.497 e. The van der Waals surface area contributed by atoms with Gasteiger partial charge in [0.15, 0.2) is 0 Å². The van der Waals surface area contributed by atoms with Gasteiger partial charge in [-0.15, -0.1) is 10.2 Å². The molecule has 0 atom stereocenters. The molecule has 0 aliphatic carbocycles. The molecule has 2 aromatic carbocycles. The molecule has 122 valence electrons. The van der Waals surface area contributed by atoms with Crippen LogP contribution in [0.3, 0.4) is 0 Å². The maximum atomic E-state index is 9.48. The second kappa shape index (κ2) is 6.09. The van der Waals surface area contributed by atoms with Crippen LogP contribution in [0.2, 0.25) is 0 Å². The molecule has 2 aromatic heterocycles. The Morgan fingerprint density at radius 2 is 2.04 bits per heavy atom. The molecule has 0 amide bonds. The summed E-state index contributed by atoms with van der Waals surface area (Å²) in [5, 5.41) is 24.4. The number of tetrazole rings is 1. The molecule has 0 saturated carbocycles. The van der Waals surface area contributed by atoms with Crippen molar-refractivity contribution in [3.8, 4) is 23.2 Å². The molecule has 4 rings (SSSR count). The Morgan fingerprint density at radius 1 is 1.20 bits per heavy atom. The molecule has 0 aliphatic rings. The Balaban J connectivity index is 1.75. The van der Waals surface area contributed by atoms with Crippen molar-refractivity contribution < 1.29 is 4.74 Å². The van der Waals surface area contributed by atoms with Gasteiger partial charge in [-0.05, 0) is 41.1 Å². The normalized spacial score (nSPS) is 10.7. The van der Waals surface area contributed by atoms with Crippen LogP contribution in [0.15, 0.2) is 48.7 Å². The highest BCUT2D eigenvalue weighted by Gasteiger charge is 2.12. The number of nitrogens with zero attached hydrogens (tertiary/aromatic N) is 5. The lowest BCUT2D eigenvalue weighted by Crippen LogP contribution is -1.98. The summed E-state index contributed by atoms with van der Waals surface area (Å²) in [6.45, 7) is 0.670. The molecule has 0 spiro atoms. The zero-order valence-electron chi connectivity index (χ0n) is 13.5. The van der Waals surface area contributed by atoms with Crippen molar-refractivity contribution in [3.05, 3.63) is 59.8 Å². The number of aromatic nitrogens is 5. The summed E-state index contributed by atoms with van der Waals surface area (Å²) in [5.74, 6) is 1.33. The monoisotopic (exact) mass is 330 g/mol. The van der Waals surface area contributed by atoms with Crippen molar-refractivity contribution in [2.45, 2.75) is 6.54 Å². The lowest BCUT2D eigenvalue weighted by molar-refractivity contribution is 0.414. The fourth-order valence-corrected chi connectivity index (χ4v) is 2.87. The number of fused-ring (bicyclic) bond motifs is 1. The maximum Gasteiger partial charge on any atom is 0.204 e. The quantitative estimate of drug-likeness (QED) is 0.621. The van der Waals surface area contributed by atoms with Gasteiger partial charge >= 0.3 is 0 Å². The molecule has 2 heterocycles. The topological polar surface area (TPSA) is 92.4 Å². The van der Waals surface area contributed by atoms with Crippen LogP contribution in [-0.4, -0.2) is 32.3 Å². The third-order valence-corrected chi connectivity index (χ3v) is 4.12. The first-order valence-corrected chi connectivity index (χ1v) is 7.68. The zero-order valence-corrected chi connectivity index (χ0v) is 13.5. The summed E-state index contributed by atoms with van der Waals surface area (Å²) in [7, 11) is 1.65. The van der Waals surface area contributed by atoms with E-state index in [4.69, 9.17) is 4.74 Å². The van der Waals surface area contributed by atoms with Crippen LogP contribution in [0.25, 0.3) is 22.3 Å². The number of H-pyrrole nitrogens is 1. The van der Waals surface area contributed by atoms with Crippen molar-refractivity contribution in [2.24, 2.45) is 0 Å². The molecule has 4 aromatic rings. The van der Waals surface area contributed by atoms with E-state index in [2.05, 4.69) is 31.3 Å². The summed E-state index contributed by atoms with van der Waals surface area (Å²) >= 11 is 0. The molecular weight excluding hydrogens is 316 g/mol. The predicted molar refractivity (Wildman–Crippen MR) is 91.9 cm³/mol. The average molecular weight is 330 g/mol. The van der Waals surface area contributed by atoms with Crippen molar-refractivity contribution in [1.29, 1.82) is 5.26 Å². The van der Waals surface area contributed by atoms with Gasteiger partial charge in [0.25, 0.3) is 0 Å². The van der Waals surface area contributed by atoms with Crippen LogP contribution in [0, 0.1) is 11.3 Å². The Labute approximate surface area is 143 Å². The molecule has 0 fully saturated rings. The third kappa shape index (κ3) is 2.70. The first-order chi connectivity index (χ1) is 12.3. The Bertz CT molecular complexity index is 1060. The van der Waals surface area contributed by atoms with Gasteiger partial charge in [0, 0.05) is 29.2 Å². The molecule has 0 saturated heterocycles. The standard InChI is InChI=1S/C18H14N6O/c1-25-15-5-2-12(3-6-15)10-24-11-14(9-19)16-8-13(4-7-17(16)24)18-20-22-23-21-18/h2-8,11H,10H2,1H3,(H,20,21,22,23). The van der Waals surface area contributed by atoms with Crippen LogP contribution in [0.4, 0.5) is 0 Å². The molecule has 0 radical (unpaired) electrons. The minimum atomic E-state index is 0.508. The lowest BCUT2D eigenvalue weighted by atomic mass is 10.1. The van der Waals surface area contributed by atoms with Gasteiger partial charge in [-0.3, -0.25) is 0 Å². The van der Waals surface area contributed by atoms with Crippen LogP contribution in [-0.2, 0) is 6.54 Å². The van der Waals surface area contributed by atoms with Gasteiger partial charge in [0.1, 0.15) is 11.8 Å². The molecule has 7 nitrogen and oxygen atoms in total. The summed E-state index contributed by atoms with van der Waals surface area (Å²) < 4.78 is 7.26. The van der Waals surface area contributed by atoms with E-state index in [9.17, 15) is 5.26 Å². The van der Waals surface area contributed by atoms with E-state index in [0.29, 0.717) is 17.9 Å². The van der Waals surface area contributed by atoms with Crippen LogP contribution >= 0.6 is 0 Å². The number of ether oxygens (including phenoxy) is 1. The largest absolute Gasteiger partial charge is 0.497 e. The van der Waals surface area contributed by atoms with E-state index in [1.54, 1.807) is 7.11 Å². The van der Waals surface area contributed by atoms with E-state index in [1.807, 2.05) is 48.7 Å². The van der Waals surface area contributed by atoms with Gasteiger partial charge in [0.05, 0.1) is 12.7 Å². The van der Waals surface area contributed by atoms with Crippen LogP contribution in [0.5, 0.6) is 5.75 Å². The van der Waals surface area contributed by atoms with Gasteiger partial charge in [-0.2, -0.15) is 10.5 Å². The van der Waals surface area contributed by atoms with Crippen molar-refractivity contribution in [2.75, 3.05) is 7.11 Å². The van der Waals surface area contributed by atoms with E-state index in [-0.39, 0.29) is 0 Å². The summed E-state index contributed by atoms with van der Waals surface area (Å²) in [6.07, 6.45) is 1.87. The van der Waals surface area contributed by atoms with Gasteiger partial charge in [-0.1, -0.05) is 12.1 Å². The Morgan fingerprint density at radius 3 is 2.72 bits per heavy atom.